The summed E-state index contributed by atoms with van der Waals surface area (Å²) < 4.78 is 0. The molecule has 9 rings (SSSR count). The molecule has 3 saturated heterocycles. The highest BCUT2D eigenvalue weighted by molar-refractivity contribution is 5.42. The van der Waals surface area contributed by atoms with Crippen molar-refractivity contribution in [3.05, 3.63) is 12.2 Å². The van der Waals surface area contributed by atoms with Gasteiger partial charge in [-0.05, 0) is 72.2 Å². The molecule has 0 aromatic heterocycles. The third-order valence-electron chi connectivity index (χ3n) is 10.3. The fraction of sp³-hybridized carbons (Fsp3) is 0.900. The molecule has 22 heavy (non-hydrogen) atoms. The van der Waals surface area contributed by atoms with Crippen LogP contribution in [-0.4, -0.2) is 34.7 Å². The van der Waals surface area contributed by atoms with E-state index in [0.717, 1.165) is 29.8 Å². The zero-order valence-electron chi connectivity index (χ0n) is 13.6. The Balaban J connectivity index is 1.53. The third kappa shape index (κ3) is 0.815. The molecule has 0 aromatic rings. The fourth-order valence-electron chi connectivity index (χ4n) is 10.4. The molecule has 0 amide bonds. The van der Waals surface area contributed by atoms with Crippen molar-refractivity contribution in [3.8, 4) is 0 Å². The van der Waals surface area contributed by atoms with E-state index in [2.05, 4.69) is 18.4 Å². The van der Waals surface area contributed by atoms with Crippen molar-refractivity contribution >= 4 is 0 Å². The van der Waals surface area contributed by atoms with Crippen LogP contribution in [0.25, 0.3) is 0 Å². The van der Waals surface area contributed by atoms with Gasteiger partial charge in [-0.2, -0.15) is 0 Å². The van der Waals surface area contributed by atoms with Crippen molar-refractivity contribution in [2.45, 2.75) is 63.6 Å². The topological polar surface area (TPSA) is 23.5 Å². The lowest BCUT2D eigenvalue weighted by Crippen LogP contribution is -2.63. The number of fused-ring (bicyclic) bond motifs is 1. The van der Waals surface area contributed by atoms with Crippen molar-refractivity contribution in [1.82, 2.24) is 4.90 Å². The summed E-state index contributed by atoms with van der Waals surface area (Å²) >= 11 is 0. The molecule has 0 radical (unpaired) electrons. The second-order valence-corrected chi connectivity index (χ2v) is 10.4. The molecule has 3 unspecified atom stereocenters. The molecule has 3 aliphatic heterocycles. The minimum atomic E-state index is -0.172. The third-order valence-corrected chi connectivity index (χ3v) is 10.3. The van der Waals surface area contributed by atoms with Gasteiger partial charge in [-0.1, -0.05) is 19.9 Å². The lowest BCUT2D eigenvalue weighted by atomic mass is 9.40. The van der Waals surface area contributed by atoms with Gasteiger partial charge in [-0.3, -0.25) is 4.90 Å². The van der Waals surface area contributed by atoms with Crippen LogP contribution in [0.5, 0.6) is 0 Å². The van der Waals surface area contributed by atoms with E-state index in [-0.39, 0.29) is 11.5 Å². The van der Waals surface area contributed by atoms with Crippen molar-refractivity contribution in [2.24, 2.45) is 39.9 Å². The molecule has 3 heterocycles. The average molecular weight is 297 g/mol. The molecule has 118 valence electrons. The summed E-state index contributed by atoms with van der Waals surface area (Å²) in [4.78, 5) is 2.98. The van der Waals surface area contributed by atoms with Gasteiger partial charge < -0.3 is 5.11 Å². The Morgan fingerprint density at radius 3 is 2.95 bits per heavy atom. The normalized spacial score (nSPS) is 75.1. The summed E-state index contributed by atoms with van der Waals surface area (Å²) in [5.41, 5.74) is 2.65. The van der Waals surface area contributed by atoms with Crippen LogP contribution in [0, 0.1) is 39.9 Å². The van der Waals surface area contributed by atoms with E-state index in [0.29, 0.717) is 16.7 Å². The Morgan fingerprint density at radius 1 is 1.23 bits per heavy atom. The Bertz CT molecular complexity index is 644. The van der Waals surface area contributed by atoms with Gasteiger partial charge in [0.2, 0.25) is 0 Å². The average Bonchev–Trinajstić information content (AvgIpc) is 2.90. The van der Waals surface area contributed by atoms with E-state index in [1.165, 1.54) is 50.6 Å². The first-order chi connectivity index (χ1) is 10.5. The Labute approximate surface area is 132 Å². The molecule has 0 aromatic carbocycles. The van der Waals surface area contributed by atoms with Gasteiger partial charge in [0.1, 0.15) is 0 Å². The highest BCUT2D eigenvalue weighted by Gasteiger charge is 2.87. The standard InChI is InChI=1S/C20H27NO/c1-10-11-6-12-16-19-5-3-4-18(2)9-21(16)13(15(18)19)8-20(12,17(10)22)14(19)7-11/h11-17,22H,1,3-9H2,2H3/t11-,12?,13?,14-,15+,16+,17+,18-,19+,20+/m0/s1. The summed E-state index contributed by atoms with van der Waals surface area (Å²) in [6.45, 7) is 8.32. The Morgan fingerprint density at radius 2 is 2.09 bits per heavy atom. The van der Waals surface area contributed by atoms with Gasteiger partial charge in [0.15, 0.2) is 0 Å². The zero-order chi connectivity index (χ0) is 14.6. The fourth-order valence-corrected chi connectivity index (χ4v) is 10.4. The first kappa shape index (κ1) is 12.1. The van der Waals surface area contributed by atoms with E-state index < -0.39 is 0 Å². The lowest BCUT2D eigenvalue weighted by Gasteiger charge is -2.64. The first-order valence-electron chi connectivity index (χ1n) is 9.66. The van der Waals surface area contributed by atoms with E-state index >= 15 is 0 Å². The number of rotatable bonds is 0. The number of piperidine rings is 2. The van der Waals surface area contributed by atoms with Crippen LogP contribution in [0.1, 0.15) is 45.4 Å². The number of hydrogen-bond acceptors (Lipinski definition) is 2. The van der Waals surface area contributed by atoms with Crippen molar-refractivity contribution < 1.29 is 5.11 Å². The van der Waals surface area contributed by atoms with Crippen LogP contribution in [0.3, 0.4) is 0 Å². The van der Waals surface area contributed by atoms with Crippen LogP contribution in [-0.2, 0) is 0 Å². The largest absolute Gasteiger partial charge is 0.388 e. The predicted molar refractivity (Wildman–Crippen MR) is 84.1 cm³/mol. The highest BCUT2D eigenvalue weighted by atomic mass is 16.3. The summed E-state index contributed by atoms with van der Waals surface area (Å²) in [6, 6.07) is 1.64. The Kier molecular flexibility index (Phi) is 1.64. The van der Waals surface area contributed by atoms with Gasteiger partial charge in [0.25, 0.3) is 0 Å². The van der Waals surface area contributed by atoms with E-state index in [1.54, 1.807) is 0 Å². The first-order valence-corrected chi connectivity index (χ1v) is 9.66. The maximum absolute atomic E-state index is 11.2. The number of nitrogens with zero attached hydrogens (tertiary/aromatic N) is 1. The van der Waals surface area contributed by atoms with Gasteiger partial charge in [-0.25, -0.2) is 0 Å². The second kappa shape index (κ2) is 2.99. The summed E-state index contributed by atoms with van der Waals surface area (Å²) in [7, 11) is 0. The predicted octanol–water partition coefficient (Wildman–Crippen LogP) is 2.82. The van der Waals surface area contributed by atoms with Crippen LogP contribution in [0.4, 0.5) is 0 Å². The lowest BCUT2D eigenvalue weighted by molar-refractivity contribution is -0.166. The van der Waals surface area contributed by atoms with Crippen molar-refractivity contribution in [2.75, 3.05) is 6.54 Å². The van der Waals surface area contributed by atoms with Gasteiger partial charge in [0.05, 0.1) is 6.10 Å². The molecule has 6 aliphatic carbocycles. The summed E-state index contributed by atoms with van der Waals surface area (Å²) in [6.07, 6.45) is 8.23. The minimum Gasteiger partial charge on any atom is -0.388 e. The molecule has 11 atom stereocenters. The van der Waals surface area contributed by atoms with E-state index in [1.807, 2.05) is 0 Å². The second-order valence-electron chi connectivity index (χ2n) is 10.4. The SMILES string of the molecule is C=C1[C@H]2CC3[C@H]4N5C[C@]6(C)CCC[C@@]47[C@@H]6C5C[C@]3([C@@H]1O)[C@H]7C2. The van der Waals surface area contributed by atoms with Crippen molar-refractivity contribution in [1.29, 1.82) is 0 Å². The van der Waals surface area contributed by atoms with Crippen LogP contribution in [0.2, 0.25) is 0 Å². The molecule has 9 fully saturated rings. The van der Waals surface area contributed by atoms with E-state index in [9.17, 15) is 5.11 Å². The minimum absolute atomic E-state index is 0.172. The van der Waals surface area contributed by atoms with Crippen LogP contribution < -0.4 is 0 Å². The van der Waals surface area contributed by atoms with Crippen LogP contribution >= 0.6 is 0 Å². The summed E-state index contributed by atoms with van der Waals surface area (Å²) in [5.74, 6) is 3.21. The monoisotopic (exact) mass is 297 g/mol. The number of aliphatic hydroxyl groups excluding tert-OH is 1. The molecule has 2 spiro atoms. The molecule has 9 aliphatic rings. The van der Waals surface area contributed by atoms with Crippen LogP contribution in [0.15, 0.2) is 12.2 Å². The zero-order valence-corrected chi connectivity index (χ0v) is 13.6. The Hall–Kier alpha value is -0.340. The maximum Gasteiger partial charge on any atom is 0.0813 e. The van der Waals surface area contributed by atoms with Gasteiger partial charge >= 0.3 is 0 Å². The smallest absolute Gasteiger partial charge is 0.0813 e. The molecule has 2 heteroatoms. The molecular formula is C20H27NO. The summed E-state index contributed by atoms with van der Waals surface area (Å²) in [5, 5.41) is 11.2. The highest BCUT2D eigenvalue weighted by Crippen LogP contribution is 2.86. The maximum atomic E-state index is 11.2. The molecule has 1 N–H and O–H groups in total. The quantitative estimate of drug-likeness (QED) is 0.695. The number of hydrogen-bond donors (Lipinski definition) is 1. The molecule has 9 bridgehead atoms. The molecule has 2 nitrogen and oxygen atoms in total. The van der Waals surface area contributed by atoms with E-state index in [4.69, 9.17) is 0 Å². The number of aliphatic hydroxyl groups is 1. The molecular weight excluding hydrogens is 270 g/mol. The molecule has 6 saturated carbocycles. The van der Waals surface area contributed by atoms with Gasteiger partial charge in [0, 0.05) is 24.0 Å². The van der Waals surface area contributed by atoms with Gasteiger partial charge in [-0.15, -0.1) is 0 Å². The van der Waals surface area contributed by atoms with Crippen molar-refractivity contribution in [3.63, 3.8) is 0 Å².